The van der Waals surface area contributed by atoms with Crippen LogP contribution in [0, 0.1) is 12.8 Å². The highest BCUT2D eigenvalue weighted by Crippen LogP contribution is 2.24. The summed E-state index contributed by atoms with van der Waals surface area (Å²) in [7, 11) is 0. The van der Waals surface area contributed by atoms with Crippen molar-refractivity contribution in [1.82, 2.24) is 14.9 Å². The maximum atomic E-state index is 12.5. The van der Waals surface area contributed by atoms with Gasteiger partial charge in [-0.1, -0.05) is 30.3 Å². The Labute approximate surface area is 142 Å². The lowest BCUT2D eigenvalue weighted by molar-refractivity contribution is 0.0467. The van der Waals surface area contributed by atoms with Gasteiger partial charge in [0.05, 0.1) is 11.7 Å². The van der Waals surface area contributed by atoms with Crippen LogP contribution in [0.3, 0.4) is 0 Å². The number of aliphatic hydroxyl groups is 1. The summed E-state index contributed by atoms with van der Waals surface area (Å²) in [4.78, 5) is 22.5. The lowest BCUT2D eigenvalue weighted by Crippen LogP contribution is -2.41. The molecule has 24 heavy (non-hydrogen) atoms. The van der Waals surface area contributed by atoms with Gasteiger partial charge in [-0.3, -0.25) is 4.79 Å². The molecule has 1 N–H and O–H groups in total. The predicted octanol–water partition coefficient (Wildman–Crippen LogP) is 2.24. The third kappa shape index (κ3) is 3.97. The third-order valence-corrected chi connectivity index (χ3v) is 4.69. The predicted molar refractivity (Wildman–Crippen MR) is 91.5 cm³/mol. The minimum absolute atomic E-state index is 0.0222. The van der Waals surface area contributed by atoms with Crippen molar-refractivity contribution in [2.24, 2.45) is 5.92 Å². The van der Waals surface area contributed by atoms with Crippen LogP contribution in [0.2, 0.25) is 0 Å². The van der Waals surface area contributed by atoms with Gasteiger partial charge >= 0.3 is 0 Å². The minimum atomic E-state index is -0.354. The van der Waals surface area contributed by atoms with Crippen LogP contribution < -0.4 is 0 Å². The summed E-state index contributed by atoms with van der Waals surface area (Å²) in [6.45, 7) is 3.14. The van der Waals surface area contributed by atoms with Crippen LogP contribution in [-0.2, 0) is 6.42 Å². The smallest absolute Gasteiger partial charge is 0.256 e. The molecule has 2 heterocycles. The molecule has 0 saturated carbocycles. The highest BCUT2D eigenvalue weighted by atomic mass is 16.3. The SMILES string of the molecule is Cc1ncc(C(=O)N2CCC([C@H](O)Cc3ccccc3)CC2)cn1. The van der Waals surface area contributed by atoms with Crippen molar-refractivity contribution in [3.05, 3.63) is 59.7 Å². The molecule has 0 spiro atoms. The molecular weight excluding hydrogens is 302 g/mol. The Morgan fingerprint density at radius 1 is 1.21 bits per heavy atom. The number of rotatable bonds is 4. The molecule has 1 aliphatic rings. The van der Waals surface area contributed by atoms with E-state index in [1.54, 1.807) is 19.3 Å². The minimum Gasteiger partial charge on any atom is -0.392 e. The van der Waals surface area contributed by atoms with Crippen LogP contribution in [0.4, 0.5) is 0 Å². The van der Waals surface area contributed by atoms with E-state index in [9.17, 15) is 9.90 Å². The third-order valence-electron chi connectivity index (χ3n) is 4.69. The van der Waals surface area contributed by atoms with Crippen LogP contribution in [0.25, 0.3) is 0 Å². The molecule has 1 aliphatic heterocycles. The monoisotopic (exact) mass is 325 g/mol. The maximum Gasteiger partial charge on any atom is 0.256 e. The van der Waals surface area contributed by atoms with E-state index < -0.39 is 0 Å². The van der Waals surface area contributed by atoms with Crippen molar-refractivity contribution < 1.29 is 9.90 Å². The zero-order valence-corrected chi connectivity index (χ0v) is 13.9. The largest absolute Gasteiger partial charge is 0.392 e. The number of piperidine rings is 1. The molecule has 126 valence electrons. The lowest BCUT2D eigenvalue weighted by Gasteiger charge is -2.34. The number of likely N-dealkylation sites (tertiary alicyclic amines) is 1. The van der Waals surface area contributed by atoms with Crippen molar-refractivity contribution in [3.8, 4) is 0 Å². The van der Waals surface area contributed by atoms with E-state index in [0.717, 1.165) is 18.4 Å². The van der Waals surface area contributed by atoms with Crippen molar-refractivity contribution in [1.29, 1.82) is 0 Å². The molecule has 5 heteroatoms. The number of benzene rings is 1. The van der Waals surface area contributed by atoms with E-state index >= 15 is 0 Å². The van der Waals surface area contributed by atoms with Gasteiger partial charge in [0, 0.05) is 25.5 Å². The van der Waals surface area contributed by atoms with Gasteiger partial charge in [0.15, 0.2) is 0 Å². The van der Waals surface area contributed by atoms with Gasteiger partial charge in [0.2, 0.25) is 0 Å². The van der Waals surface area contributed by atoms with E-state index in [2.05, 4.69) is 9.97 Å². The summed E-state index contributed by atoms with van der Waals surface area (Å²) in [6.07, 6.45) is 5.14. The van der Waals surface area contributed by atoms with Crippen LogP contribution >= 0.6 is 0 Å². The van der Waals surface area contributed by atoms with Crippen LogP contribution in [0.15, 0.2) is 42.7 Å². The number of aryl methyl sites for hydroxylation is 1. The average molecular weight is 325 g/mol. The highest BCUT2D eigenvalue weighted by molar-refractivity contribution is 5.93. The fourth-order valence-electron chi connectivity index (χ4n) is 3.20. The average Bonchev–Trinajstić information content (AvgIpc) is 2.63. The fourth-order valence-corrected chi connectivity index (χ4v) is 3.20. The van der Waals surface area contributed by atoms with Gasteiger partial charge in [-0.2, -0.15) is 0 Å². The number of hydrogen-bond acceptors (Lipinski definition) is 4. The number of carbonyl (C=O) groups excluding carboxylic acids is 1. The molecule has 1 amide bonds. The first-order chi connectivity index (χ1) is 11.6. The number of carbonyl (C=O) groups is 1. The van der Waals surface area contributed by atoms with Gasteiger partial charge in [-0.05, 0) is 37.7 Å². The second kappa shape index (κ2) is 7.53. The number of aliphatic hydroxyl groups excluding tert-OH is 1. The number of hydrogen-bond donors (Lipinski definition) is 1. The fraction of sp³-hybridized carbons (Fsp3) is 0.421. The topological polar surface area (TPSA) is 66.3 Å². The standard InChI is InChI=1S/C19H23N3O2/c1-14-20-12-17(13-21-14)19(24)22-9-7-16(8-10-22)18(23)11-15-5-3-2-4-6-15/h2-6,12-13,16,18,23H,7-11H2,1H3/t18-/m1/s1. The maximum absolute atomic E-state index is 12.5. The van der Waals surface area contributed by atoms with Crippen LogP contribution in [0.1, 0.15) is 34.6 Å². The van der Waals surface area contributed by atoms with E-state index in [4.69, 9.17) is 0 Å². The van der Waals surface area contributed by atoms with Crippen molar-refractivity contribution in [2.45, 2.75) is 32.3 Å². The molecule has 1 aromatic heterocycles. The molecular formula is C19H23N3O2. The van der Waals surface area contributed by atoms with Crippen LogP contribution in [-0.4, -0.2) is 45.1 Å². The highest BCUT2D eigenvalue weighted by Gasteiger charge is 2.28. The molecule has 0 unspecified atom stereocenters. The first-order valence-electron chi connectivity index (χ1n) is 8.43. The van der Waals surface area contributed by atoms with Crippen molar-refractivity contribution >= 4 is 5.91 Å². The molecule has 1 fully saturated rings. The van der Waals surface area contributed by atoms with E-state index in [0.29, 0.717) is 30.9 Å². The van der Waals surface area contributed by atoms with E-state index in [1.165, 1.54) is 0 Å². The van der Waals surface area contributed by atoms with Crippen molar-refractivity contribution in [3.63, 3.8) is 0 Å². The Bertz CT molecular complexity index is 665. The van der Waals surface area contributed by atoms with Gasteiger partial charge in [0.1, 0.15) is 5.82 Å². The van der Waals surface area contributed by atoms with Crippen LogP contribution in [0.5, 0.6) is 0 Å². The van der Waals surface area contributed by atoms with Crippen molar-refractivity contribution in [2.75, 3.05) is 13.1 Å². The molecule has 0 radical (unpaired) electrons. The molecule has 1 atom stereocenters. The summed E-state index contributed by atoms with van der Waals surface area (Å²) in [5.74, 6) is 0.879. The van der Waals surface area contributed by atoms with E-state index in [-0.39, 0.29) is 17.9 Å². The quantitative estimate of drug-likeness (QED) is 0.936. The van der Waals surface area contributed by atoms with Gasteiger partial charge in [-0.25, -0.2) is 9.97 Å². The molecule has 0 bridgehead atoms. The Morgan fingerprint density at radius 3 is 2.46 bits per heavy atom. The zero-order valence-electron chi connectivity index (χ0n) is 13.9. The normalized spacial score (nSPS) is 16.8. The van der Waals surface area contributed by atoms with Gasteiger partial charge < -0.3 is 10.0 Å². The molecule has 2 aromatic rings. The summed E-state index contributed by atoms with van der Waals surface area (Å²) in [5, 5.41) is 10.5. The molecule has 5 nitrogen and oxygen atoms in total. The Morgan fingerprint density at radius 2 is 1.83 bits per heavy atom. The molecule has 0 aliphatic carbocycles. The second-order valence-electron chi connectivity index (χ2n) is 6.41. The summed E-state index contributed by atoms with van der Waals surface area (Å²) >= 11 is 0. The van der Waals surface area contributed by atoms with Gasteiger partial charge in [-0.15, -0.1) is 0 Å². The number of nitrogens with zero attached hydrogens (tertiary/aromatic N) is 3. The lowest BCUT2D eigenvalue weighted by atomic mass is 9.88. The number of amides is 1. The first-order valence-corrected chi connectivity index (χ1v) is 8.43. The molecule has 3 rings (SSSR count). The summed E-state index contributed by atoms with van der Waals surface area (Å²) in [5.41, 5.74) is 1.68. The first kappa shape index (κ1) is 16.6. The second-order valence-corrected chi connectivity index (χ2v) is 6.41. The Hall–Kier alpha value is -2.27. The molecule has 1 aromatic carbocycles. The van der Waals surface area contributed by atoms with E-state index in [1.807, 2.05) is 35.2 Å². The Balaban J connectivity index is 1.53. The zero-order chi connectivity index (χ0) is 16.9. The van der Waals surface area contributed by atoms with Gasteiger partial charge in [0.25, 0.3) is 5.91 Å². The number of aromatic nitrogens is 2. The molecule has 1 saturated heterocycles. The Kier molecular flexibility index (Phi) is 5.20. The summed E-state index contributed by atoms with van der Waals surface area (Å²) < 4.78 is 0. The summed E-state index contributed by atoms with van der Waals surface area (Å²) in [6, 6.07) is 10.0.